The number of nitrogens with one attached hydrogen (secondary N) is 2. The van der Waals surface area contributed by atoms with Crippen LogP contribution in [0.4, 0.5) is 10.3 Å². The molecule has 1 aromatic carbocycles. The lowest BCUT2D eigenvalue weighted by molar-refractivity contribution is 0.0936. The van der Waals surface area contributed by atoms with Crippen LogP contribution >= 0.6 is 0 Å². The molecule has 0 saturated carbocycles. The molecular weight excluding hydrogens is 347 g/mol. The fourth-order valence-electron chi connectivity index (χ4n) is 2.55. The van der Waals surface area contributed by atoms with Crippen molar-refractivity contribution in [1.82, 2.24) is 15.3 Å². The summed E-state index contributed by atoms with van der Waals surface area (Å²) in [5.74, 6) is -0.584. The average Bonchev–Trinajstić information content (AvgIpc) is 2.93. The maximum Gasteiger partial charge on any atom is 0.270 e. The van der Waals surface area contributed by atoms with Crippen molar-refractivity contribution >= 4 is 21.7 Å². The quantitative estimate of drug-likeness (QED) is 0.825. The number of carbonyl (C=O) groups is 1. The van der Waals surface area contributed by atoms with Crippen LogP contribution in [-0.2, 0) is 16.4 Å². The van der Waals surface area contributed by atoms with Crippen molar-refractivity contribution in [2.75, 3.05) is 16.8 Å². The first-order valence-corrected chi connectivity index (χ1v) is 9.57. The van der Waals surface area contributed by atoms with Gasteiger partial charge in [0.15, 0.2) is 9.84 Å². The van der Waals surface area contributed by atoms with E-state index in [0.717, 1.165) is 0 Å². The van der Waals surface area contributed by atoms with E-state index in [1.54, 1.807) is 18.2 Å². The van der Waals surface area contributed by atoms with E-state index in [9.17, 15) is 17.6 Å². The molecule has 0 aliphatic carbocycles. The van der Waals surface area contributed by atoms with E-state index in [-0.39, 0.29) is 35.5 Å². The molecule has 0 bridgehead atoms. The molecule has 0 spiro atoms. The molecule has 1 amide bonds. The van der Waals surface area contributed by atoms with Crippen LogP contribution in [0.15, 0.2) is 36.5 Å². The molecule has 1 atom stereocenters. The molecule has 1 aliphatic heterocycles. The number of benzene rings is 1. The first kappa shape index (κ1) is 17.3. The molecule has 2 aromatic rings. The third-order valence-electron chi connectivity index (χ3n) is 3.85. The Bertz CT molecular complexity index is 888. The number of rotatable bonds is 5. The molecule has 1 fully saturated rings. The Kier molecular flexibility index (Phi) is 4.93. The highest BCUT2D eigenvalue weighted by atomic mass is 32.2. The highest BCUT2D eigenvalue weighted by molar-refractivity contribution is 7.91. The molecule has 2 heterocycles. The van der Waals surface area contributed by atoms with Gasteiger partial charge < -0.3 is 10.6 Å². The zero-order valence-corrected chi connectivity index (χ0v) is 14.1. The third-order valence-corrected chi connectivity index (χ3v) is 5.62. The van der Waals surface area contributed by atoms with Gasteiger partial charge in [0.2, 0.25) is 5.95 Å². The second kappa shape index (κ2) is 7.14. The number of amides is 1. The summed E-state index contributed by atoms with van der Waals surface area (Å²) in [6.45, 7) is 0.179. The largest absolute Gasteiger partial charge is 0.350 e. The van der Waals surface area contributed by atoms with Crippen LogP contribution in [0.25, 0.3) is 0 Å². The van der Waals surface area contributed by atoms with Crippen molar-refractivity contribution in [1.29, 1.82) is 0 Å². The van der Waals surface area contributed by atoms with E-state index >= 15 is 0 Å². The van der Waals surface area contributed by atoms with Gasteiger partial charge in [0, 0.05) is 24.3 Å². The predicted octanol–water partition coefficient (Wildman–Crippen LogP) is 1.14. The van der Waals surface area contributed by atoms with Crippen LogP contribution in [0.5, 0.6) is 0 Å². The van der Waals surface area contributed by atoms with E-state index in [1.807, 2.05) is 0 Å². The lowest BCUT2D eigenvalue weighted by Gasteiger charge is -2.11. The topological polar surface area (TPSA) is 101 Å². The standard InChI is InChI=1S/C16H17FN4O3S/c17-13-4-2-1-3-11(13)9-19-16-18-7-5-14(21-16)15(22)20-12-6-8-25(23,24)10-12/h1-5,7,12H,6,8-10H2,(H,20,22)(H,18,19,21). The molecule has 1 aromatic heterocycles. The van der Waals surface area contributed by atoms with Crippen LogP contribution in [0.1, 0.15) is 22.5 Å². The molecule has 1 saturated heterocycles. The fourth-order valence-corrected chi connectivity index (χ4v) is 4.23. The molecule has 1 unspecified atom stereocenters. The van der Waals surface area contributed by atoms with E-state index < -0.39 is 21.8 Å². The van der Waals surface area contributed by atoms with Crippen LogP contribution in [0.3, 0.4) is 0 Å². The van der Waals surface area contributed by atoms with E-state index in [0.29, 0.717) is 12.0 Å². The Balaban J connectivity index is 1.63. The summed E-state index contributed by atoms with van der Waals surface area (Å²) in [6.07, 6.45) is 1.81. The maximum atomic E-state index is 13.6. The molecule has 7 nitrogen and oxygen atoms in total. The smallest absolute Gasteiger partial charge is 0.270 e. The van der Waals surface area contributed by atoms with Crippen LogP contribution in [0.2, 0.25) is 0 Å². The Morgan fingerprint density at radius 2 is 2.08 bits per heavy atom. The van der Waals surface area contributed by atoms with Crippen LogP contribution in [0, 0.1) is 5.82 Å². The molecule has 25 heavy (non-hydrogen) atoms. The fraction of sp³-hybridized carbons (Fsp3) is 0.312. The Hall–Kier alpha value is -2.55. The molecule has 2 N–H and O–H groups in total. The van der Waals surface area contributed by atoms with Crippen LogP contribution < -0.4 is 10.6 Å². The zero-order valence-electron chi connectivity index (χ0n) is 13.3. The number of anilines is 1. The average molecular weight is 364 g/mol. The first-order chi connectivity index (χ1) is 11.9. The highest BCUT2D eigenvalue weighted by Crippen LogP contribution is 2.12. The second-order valence-corrected chi connectivity index (χ2v) is 8.01. The van der Waals surface area contributed by atoms with Crippen molar-refractivity contribution in [2.45, 2.75) is 19.0 Å². The Labute approximate surface area is 144 Å². The second-order valence-electron chi connectivity index (χ2n) is 5.78. The van der Waals surface area contributed by atoms with Gasteiger partial charge in [0.25, 0.3) is 5.91 Å². The molecule has 9 heteroatoms. The van der Waals surface area contributed by atoms with Crippen molar-refractivity contribution in [3.05, 3.63) is 53.6 Å². The van der Waals surface area contributed by atoms with Gasteiger partial charge in [-0.05, 0) is 18.6 Å². The normalized spacial score (nSPS) is 18.7. The van der Waals surface area contributed by atoms with Crippen molar-refractivity contribution in [2.24, 2.45) is 0 Å². The van der Waals surface area contributed by atoms with E-state index in [1.165, 1.54) is 18.3 Å². The summed E-state index contributed by atoms with van der Waals surface area (Å²) < 4.78 is 36.5. The number of aromatic nitrogens is 2. The van der Waals surface area contributed by atoms with Gasteiger partial charge >= 0.3 is 0 Å². The Morgan fingerprint density at radius 3 is 2.80 bits per heavy atom. The van der Waals surface area contributed by atoms with Gasteiger partial charge in [-0.25, -0.2) is 22.8 Å². The molecule has 1 aliphatic rings. The summed E-state index contributed by atoms with van der Waals surface area (Å²) in [4.78, 5) is 20.3. The summed E-state index contributed by atoms with van der Waals surface area (Å²) in [6, 6.07) is 7.36. The summed E-state index contributed by atoms with van der Waals surface area (Å²) in [5, 5.41) is 5.53. The minimum Gasteiger partial charge on any atom is -0.350 e. The van der Waals surface area contributed by atoms with Gasteiger partial charge in [-0.2, -0.15) is 0 Å². The molecular formula is C16H17FN4O3S. The first-order valence-electron chi connectivity index (χ1n) is 7.74. The molecule has 0 radical (unpaired) electrons. The number of hydrogen-bond acceptors (Lipinski definition) is 6. The minimum absolute atomic E-state index is 0.0534. The number of halogens is 1. The number of sulfone groups is 1. The summed E-state index contributed by atoms with van der Waals surface area (Å²) >= 11 is 0. The SMILES string of the molecule is O=C(NC1CCS(=O)(=O)C1)c1ccnc(NCc2ccccc2F)n1. The predicted molar refractivity (Wildman–Crippen MR) is 90.3 cm³/mol. The summed E-state index contributed by atoms with van der Waals surface area (Å²) in [7, 11) is -3.07. The van der Waals surface area contributed by atoms with Gasteiger partial charge in [-0.15, -0.1) is 0 Å². The van der Waals surface area contributed by atoms with Crippen molar-refractivity contribution in [3.63, 3.8) is 0 Å². The van der Waals surface area contributed by atoms with Crippen molar-refractivity contribution in [3.8, 4) is 0 Å². The lowest BCUT2D eigenvalue weighted by Crippen LogP contribution is -2.36. The minimum atomic E-state index is -3.07. The number of carbonyl (C=O) groups excluding carboxylic acids is 1. The van der Waals surface area contributed by atoms with Crippen LogP contribution in [-0.4, -0.2) is 41.8 Å². The van der Waals surface area contributed by atoms with Gasteiger partial charge in [-0.1, -0.05) is 18.2 Å². The van der Waals surface area contributed by atoms with E-state index in [2.05, 4.69) is 20.6 Å². The molecule has 3 rings (SSSR count). The van der Waals surface area contributed by atoms with Gasteiger partial charge in [0.05, 0.1) is 11.5 Å². The lowest BCUT2D eigenvalue weighted by atomic mass is 10.2. The third kappa shape index (κ3) is 4.50. The van der Waals surface area contributed by atoms with E-state index in [4.69, 9.17) is 0 Å². The maximum absolute atomic E-state index is 13.6. The van der Waals surface area contributed by atoms with Gasteiger partial charge in [0.1, 0.15) is 11.5 Å². The monoisotopic (exact) mass is 364 g/mol. The van der Waals surface area contributed by atoms with Crippen molar-refractivity contribution < 1.29 is 17.6 Å². The molecule has 132 valence electrons. The zero-order chi connectivity index (χ0) is 17.9. The number of hydrogen-bond donors (Lipinski definition) is 2. The Morgan fingerprint density at radius 1 is 1.28 bits per heavy atom. The van der Waals surface area contributed by atoms with Gasteiger partial charge in [-0.3, -0.25) is 4.79 Å². The summed E-state index contributed by atoms with van der Waals surface area (Å²) in [5.41, 5.74) is 0.576. The number of nitrogens with zero attached hydrogens (tertiary/aromatic N) is 2. The highest BCUT2D eigenvalue weighted by Gasteiger charge is 2.29.